The third kappa shape index (κ3) is 3.69. The lowest BCUT2D eigenvalue weighted by molar-refractivity contribution is -0.135. The summed E-state index contributed by atoms with van der Waals surface area (Å²) in [6, 6.07) is 7.13. The molecule has 1 aromatic carbocycles. The number of Topliss-reactive ketones (excluding diaryl/α,β-unsaturated/α-hetero) is 1. The highest BCUT2D eigenvalue weighted by atomic mass is 16.4. The molecule has 0 spiro atoms. The molecule has 0 heterocycles. The summed E-state index contributed by atoms with van der Waals surface area (Å²) >= 11 is 0. The first-order valence-electron chi connectivity index (χ1n) is 5.15. The molecule has 0 radical (unpaired) electrons. The summed E-state index contributed by atoms with van der Waals surface area (Å²) in [5.74, 6) is -0.741. The molecular weight excluding hydrogens is 204 g/mol. The first-order chi connectivity index (χ1) is 7.63. The Kier molecular flexibility index (Phi) is 4.45. The number of carbonyl (C=O) groups excluding carboxylic acids is 1. The van der Waals surface area contributed by atoms with Gasteiger partial charge in [-0.25, -0.2) is 0 Å². The van der Waals surface area contributed by atoms with Crippen molar-refractivity contribution in [2.45, 2.75) is 19.8 Å². The van der Waals surface area contributed by atoms with Crippen LogP contribution in [0.2, 0.25) is 0 Å². The van der Waals surface area contributed by atoms with E-state index in [-0.39, 0.29) is 12.2 Å². The summed E-state index contributed by atoms with van der Waals surface area (Å²) in [5.41, 5.74) is 1.59. The van der Waals surface area contributed by atoms with Crippen LogP contribution < -0.4 is 0 Å². The van der Waals surface area contributed by atoms with Crippen LogP contribution in [0.4, 0.5) is 0 Å². The van der Waals surface area contributed by atoms with E-state index < -0.39 is 5.97 Å². The number of carboxylic acids is 1. The average molecular weight is 218 g/mol. The first kappa shape index (κ1) is 12.2. The monoisotopic (exact) mass is 218 g/mol. The van der Waals surface area contributed by atoms with Crippen molar-refractivity contribution in [2.75, 3.05) is 0 Å². The Balaban J connectivity index is 2.68. The molecule has 0 aliphatic carbocycles. The Bertz CT molecular complexity index is 402. The van der Waals surface area contributed by atoms with Gasteiger partial charge in [-0.1, -0.05) is 43.3 Å². The second-order valence-corrected chi connectivity index (χ2v) is 3.40. The van der Waals surface area contributed by atoms with Crippen LogP contribution in [0.25, 0.3) is 6.08 Å². The van der Waals surface area contributed by atoms with Gasteiger partial charge in [0, 0.05) is 12.0 Å². The van der Waals surface area contributed by atoms with E-state index in [1.54, 1.807) is 36.4 Å². The van der Waals surface area contributed by atoms with Crippen molar-refractivity contribution >= 4 is 17.8 Å². The zero-order chi connectivity index (χ0) is 12.0. The highest BCUT2D eigenvalue weighted by Crippen LogP contribution is 2.08. The third-order valence-electron chi connectivity index (χ3n) is 2.16. The summed E-state index contributed by atoms with van der Waals surface area (Å²) < 4.78 is 0. The molecule has 0 bridgehead atoms. The number of hydrogen-bond acceptors (Lipinski definition) is 2. The maximum absolute atomic E-state index is 11.3. The second kappa shape index (κ2) is 5.85. The number of carboxylic acid groups (broad SMARTS) is 1. The van der Waals surface area contributed by atoms with Crippen molar-refractivity contribution < 1.29 is 14.7 Å². The zero-order valence-electron chi connectivity index (χ0n) is 9.14. The van der Waals surface area contributed by atoms with Crippen molar-refractivity contribution in [1.29, 1.82) is 0 Å². The van der Waals surface area contributed by atoms with E-state index in [2.05, 4.69) is 0 Å². The highest BCUT2D eigenvalue weighted by molar-refractivity contribution is 5.95. The smallest absolute Gasteiger partial charge is 0.307 e. The Hall–Kier alpha value is -1.90. The van der Waals surface area contributed by atoms with E-state index in [1.165, 1.54) is 0 Å². The van der Waals surface area contributed by atoms with Gasteiger partial charge in [0.15, 0.2) is 5.78 Å². The van der Waals surface area contributed by atoms with Gasteiger partial charge in [-0.05, 0) is 5.56 Å². The molecule has 3 heteroatoms. The first-order valence-corrected chi connectivity index (χ1v) is 5.15. The second-order valence-electron chi connectivity index (χ2n) is 3.40. The molecule has 84 valence electrons. The molecule has 0 aliphatic rings. The fourth-order valence-electron chi connectivity index (χ4n) is 1.28. The summed E-state index contributed by atoms with van der Waals surface area (Å²) in [6.07, 6.45) is 3.82. The molecule has 0 aromatic heterocycles. The van der Waals surface area contributed by atoms with Crippen LogP contribution in [0.5, 0.6) is 0 Å². The van der Waals surface area contributed by atoms with E-state index >= 15 is 0 Å². The molecule has 0 saturated heterocycles. The van der Waals surface area contributed by atoms with Gasteiger partial charge in [0.2, 0.25) is 0 Å². The van der Waals surface area contributed by atoms with Crippen LogP contribution >= 0.6 is 0 Å². The van der Waals surface area contributed by atoms with Gasteiger partial charge >= 0.3 is 5.97 Å². The lowest BCUT2D eigenvalue weighted by Gasteiger charge is -1.98. The molecule has 0 aliphatic heterocycles. The van der Waals surface area contributed by atoms with Crippen LogP contribution in [0.15, 0.2) is 30.3 Å². The summed E-state index contributed by atoms with van der Waals surface area (Å²) in [7, 11) is 0. The zero-order valence-corrected chi connectivity index (χ0v) is 9.14. The number of hydrogen-bond donors (Lipinski definition) is 1. The van der Waals surface area contributed by atoms with E-state index in [9.17, 15) is 9.59 Å². The number of benzene rings is 1. The lowest BCUT2D eigenvalue weighted by Crippen LogP contribution is -1.95. The Morgan fingerprint density at radius 1 is 1.25 bits per heavy atom. The topological polar surface area (TPSA) is 54.4 Å². The molecule has 1 N–H and O–H groups in total. The van der Waals surface area contributed by atoms with Crippen LogP contribution in [0.3, 0.4) is 0 Å². The predicted molar refractivity (Wildman–Crippen MR) is 62.4 cm³/mol. The van der Waals surface area contributed by atoms with Gasteiger partial charge in [-0.3, -0.25) is 9.59 Å². The summed E-state index contributed by atoms with van der Waals surface area (Å²) in [5, 5.41) is 8.44. The SMILES string of the molecule is CCC(=O)c1ccc(C=CCC(=O)O)cc1. The van der Waals surface area contributed by atoms with Crippen LogP contribution in [-0.4, -0.2) is 16.9 Å². The molecule has 0 fully saturated rings. The lowest BCUT2D eigenvalue weighted by atomic mass is 10.1. The minimum absolute atomic E-state index is 0.00957. The molecule has 0 amide bonds. The van der Waals surface area contributed by atoms with Gasteiger partial charge in [0.05, 0.1) is 6.42 Å². The number of carbonyl (C=O) groups is 2. The molecule has 3 nitrogen and oxygen atoms in total. The minimum atomic E-state index is -0.853. The van der Waals surface area contributed by atoms with E-state index in [0.29, 0.717) is 12.0 Å². The summed E-state index contributed by atoms with van der Waals surface area (Å²) in [4.78, 5) is 21.6. The van der Waals surface area contributed by atoms with Crippen molar-refractivity contribution in [2.24, 2.45) is 0 Å². The van der Waals surface area contributed by atoms with Crippen molar-refractivity contribution in [3.05, 3.63) is 41.5 Å². The molecule has 1 aromatic rings. The van der Waals surface area contributed by atoms with Crippen molar-refractivity contribution in [3.8, 4) is 0 Å². The number of aliphatic carboxylic acids is 1. The Labute approximate surface area is 94.4 Å². The van der Waals surface area contributed by atoms with Gasteiger partial charge in [0.25, 0.3) is 0 Å². The van der Waals surface area contributed by atoms with E-state index in [0.717, 1.165) is 5.56 Å². The largest absolute Gasteiger partial charge is 0.481 e. The minimum Gasteiger partial charge on any atom is -0.481 e. The van der Waals surface area contributed by atoms with Gasteiger partial charge in [0.1, 0.15) is 0 Å². The maximum Gasteiger partial charge on any atom is 0.307 e. The Morgan fingerprint density at radius 2 is 1.88 bits per heavy atom. The van der Waals surface area contributed by atoms with Crippen molar-refractivity contribution in [1.82, 2.24) is 0 Å². The highest BCUT2D eigenvalue weighted by Gasteiger charge is 2.01. The van der Waals surface area contributed by atoms with E-state index in [1.807, 2.05) is 6.92 Å². The third-order valence-corrected chi connectivity index (χ3v) is 2.16. The Morgan fingerprint density at radius 3 is 2.38 bits per heavy atom. The predicted octanol–water partition coefficient (Wildman–Crippen LogP) is 2.77. The average Bonchev–Trinajstić information content (AvgIpc) is 2.28. The van der Waals surface area contributed by atoms with Crippen LogP contribution in [0.1, 0.15) is 35.7 Å². The molecular formula is C13H14O3. The van der Waals surface area contributed by atoms with E-state index in [4.69, 9.17) is 5.11 Å². The van der Waals surface area contributed by atoms with Gasteiger partial charge in [-0.2, -0.15) is 0 Å². The molecule has 0 unspecified atom stereocenters. The van der Waals surface area contributed by atoms with Gasteiger partial charge < -0.3 is 5.11 Å². The summed E-state index contributed by atoms with van der Waals surface area (Å²) in [6.45, 7) is 1.82. The quantitative estimate of drug-likeness (QED) is 0.773. The standard InChI is InChI=1S/C13H14O3/c1-2-12(14)11-8-6-10(7-9-11)4-3-5-13(15)16/h3-4,6-9H,2,5H2,1H3,(H,15,16). The van der Waals surface area contributed by atoms with Crippen molar-refractivity contribution in [3.63, 3.8) is 0 Å². The fraction of sp³-hybridized carbons (Fsp3) is 0.231. The fourth-order valence-corrected chi connectivity index (χ4v) is 1.28. The molecule has 1 rings (SSSR count). The number of ketones is 1. The molecule has 16 heavy (non-hydrogen) atoms. The molecule has 0 atom stereocenters. The normalized spacial score (nSPS) is 10.6. The van der Waals surface area contributed by atoms with Crippen LogP contribution in [-0.2, 0) is 4.79 Å². The molecule has 0 saturated carbocycles. The van der Waals surface area contributed by atoms with Gasteiger partial charge in [-0.15, -0.1) is 0 Å². The number of rotatable bonds is 5. The van der Waals surface area contributed by atoms with Crippen LogP contribution in [0, 0.1) is 0 Å². The maximum atomic E-state index is 11.3.